The average Bonchev–Trinajstić information content (AvgIpc) is 3.25. The van der Waals surface area contributed by atoms with Gasteiger partial charge in [0, 0.05) is 41.0 Å². The van der Waals surface area contributed by atoms with E-state index >= 15 is 0 Å². The number of benzene rings is 2. The minimum absolute atomic E-state index is 0.0141. The second-order valence-electron chi connectivity index (χ2n) is 9.48. The van der Waals surface area contributed by atoms with Crippen LogP contribution in [0.1, 0.15) is 38.3 Å². The Hall–Kier alpha value is -4.21. The first kappa shape index (κ1) is 22.6. The van der Waals surface area contributed by atoms with Crippen LogP contribution in [-0.2, 0) is 4.79 Å². The molecule has 0 saturated carbocycles. The standard InChI is InChI=1S/C25H25N5O5/c1-25(2)12-18-21(19(31)13-25)22(17-11-16(34-3)9-10-20(17)35-4)29-24(26-18)27-23(28-29)14-5-7-15(8-6-14)30(32)33/h5-11,22H,12-13H2,1-4H3,(H,26,27,28). The highest BCUT2D eigenvalue weighted by Crippen LogP contribution is 2.47. The molecule has 1 aliphatic carbocycles. The van der Waals surface area contributed by atoms with Crippen LogP contribution >= 0.6 is 0 Å². The molecular formula is C25H25N5O5. The number of ether oxygens (including phenoxy) is 2. The molecule has 1 aliphatic heterocycles. The van der Waals surface area contributed by atoms with E-state index in [0.29, 0.717) is 47.2 Å². The number of rotatable bonds is 5. The number of anilines is 1. The Balaban J connectivity index is 1.69. The summed E-state index contributed by atoms with van der Waals surface area (Å²) in [6.45, 7) is 4.14. The lowest BCUT2D eigenvalue weighted by Gasteiger charge is -2.38. The van der Waals surface area contributed by atoms with Gasteiger partial charge in [-0.3, -0.25) is 14.9 Å². The molecule has 1 aromatic heterocycles. The summed E-state index contributed by atoms with van der Waals surface area (Å²) in [6, 6.07) is 10.9. The maximum atomic E-state index is 13.5. The van der Waals surface area contributed by atoms with Crippen LogP contribution in [0.15, 0.2) is 53.7 Å². The maximum absolute atomic E-state index is 13.5. The number of hydrogen-bond donors (Lipinski definition) is 1. The molecule has 2 aliphatic rings. The normalized spacial score (nSPS) is 18.4. The van der Waals surface area contributed by atoms with E-state index in [0.717, 1.165) is 11.3 Å². The number of ketones is 1. The van der Waals surface area contributed by atoms with Gasteiger partial charge >= 0.3 is 0 Å². The lowest BCUT2D eigenvalue weighted by Crippen LogP contribution is -2.36. The molecular weight excluding hydrogens is 450 g/mol. The van der Waals surface area contributed by atoms with E-state index in [9.17, 15) is 14.9 Å². The first-order valence-corrected chi connectivity index (χ1v) is 11.2. The monoisotopic (exact) mass is 475 g/mol. The summed E-state index contributed by atoms with van der Waals surface area (Å²) < 4.78 is 12.8. The summed E-state index contributed by atoms with van der Waals surface area (Å²) in [4.78, 5) is 28.8. The fourth-order valence-electron chi connectivity index (χ4n) is 4.80. The average molecular weight is 476 g/mol. The van der Waals surface area contributed by atoms with Crippen LogP contribution < -0.4 is 14.8 Å². The maximum Gasteiger partial charge on any atom is 0.269 e. The number of nitro benzene ring substituents is 1. The van der Waals surface area contributed by atoms with E-state index < -0.39 is 11.0 Å². The third-order valence-corrected chi connectivity index (χ3v) is 6.40. The van der Waals surface area contributed by atoms with Gasteiger partial charge in [0.25, 0.3) is 5.69 Å². The highest BCUT2D eigenvalue weighted by Gasteiger charge is 2.43. The molecule has 10 nitrogen and oxygen atoms in total. The second kappa shape index (κ2) is 8.23. The van der Waals surface area contributed by atoms with Crippen molar-refractivity contribution in [3.05, 3.63) is 69.4 Å². The zero-order chi connectivity index (χ0) is 24.9. The highest BCUT2D eigenvalue weighted by atomic mass is 16.6. The number of hydrogen-bond acceptors (Lipinski definition) is 8. The van der Waals surface area contributed by atoms with Crippen molar-refractivity contribution in [2.75, 3.05) is 19.5 Å². The number of non-ortho nitro benzene ring substituents is 1. The van der Waals surface area contributed by atoms with Gasteiger partial charge in [0.05, 0.1) is 19.1 Å². The van der Waals surface area contributed by atoms with Crippen molar-refractivity contribution >= 4 is 17.4 Å². The highest BCUT2D eigenvalue weighted by molar-refractivity contribution is 6.00. The van der Waals surface area contributed by atoms with E-state index in [-0.39, 0.29) is 16.9 Å². The van der Waals surface area contributed by atoms with E-state index in [4.69, 9.17) is 14.6 Å². The number of Topliss-reactive ketones (excluding diaryl/α,β-unsaturated/α-hetero) is 1. The van der Waals surface area contributed by atoms with E-state index in [1.165, 1.54) is 12.1 Å². The molecule has 3 aromatic rings. The number of nitrogens with zero attached hydrogens (tertiary/aromatic N) is 4. The van der Waals surface area contributed by atoms with Crippen molar-refractivity contribution in [2.24, 2.45) is 5.41 Å². The van der Waals surface area contributed by atoms with Gasteiger partial charge in [0.2, 0.25) is 5.95 Å². The largest absolute Gasteiger partial charge is 0.497 e. The molecule has 0 spiro atoms. The molecule has 35 heavy (non-hydrogen) atoms. The number of nitro groups is 1. The third kappa shape index (κ3) is 3.90. The smallest absolute Gasteiger partial charge is 0.269 e. The van der Waals surface area contributed by atoms with E-state index in [1.54, 1.807) is 37.1 Å². The third-order valence-electron chi connectivity index (χ3n) is 6.40. The number of carbonyl (C=O) groups excluding carboxylic acids is 1. The molecule has 10 heteroatoms. The van der Waals surface area contributed by atoms with Gasteiger partial charge in [0.1, 0.15) is 17.5 Å². The van der Waals surface area contributed by atoms with Crippen LogP contribution in [0, 0.1) is 15.5 Å². The topological polar surface area (TPSA) is 121 Å². The molecule has 0 fully saturated rings. The minimum Gasteiger partial charge on any atom is -0.497 e. The summed E-state index contributed by atoms with van der Waals surface area (Å²) in [6.07, 6.45) is 1.09. The molecule has 0 bridgehead atoms. The number of fused-ring (bicyclic) bond motifs is 1. The second-order valence-corrected chi connectivity index (χ2v) is 9.48. The van der Waals surface area contributed by atoms with Gasteiger partial charge in [-0.25, -0.2) is 4.68 Å². The molecule has 0 saturated heterocycles. The molecule has 5 rings (SSSR count). The number of carbonyl (C=O) groups is 1. The Bertz CT molecular complexity index is 1370. The zero-order valence-corrected chi connectivity index (χ0v) is 19.9. The van der Waals surface area contributed by atoms with Gasteiger partial charge in [-0.2, -0.15) is 4.98 Å². The fourth-order valence-corrected chi connectivity index (χ4v) is 4.80. The number of allylic oxidation sites excluding steroid dienone is 2. The molecule has 0 radical (unpaired) electrons. The quantitative estimate of drug-likeness (QED) is 0.422. The van der Waals surface area contributed by atoms with Crippen molar-refractivity contribution in [1.29, 1.82) is 0 Å². The molecule has 2 heterocycles. The van der Waals surface area contributed by atoms with Crippen LogP contribution in [0.4, 0.5) is 11.6 Å². The molecule has 180 valence electrons. The van der Waals surface area contributed by atoms with Gasteiger partial charge in [0.15, 0.2) is 11.6 Å². The minimum atomic E-state index is -0.575. The Morgan fingerprint density at radius 2 is 1.86 bits per heavy atom. The van der Waals surface area contributed by atoms with Crippen molar-refractivity contribution in [3.63, 3.8) is 0 Å². The summed E-state index contributed by atoms with van der Waals surface area (Å²) >= 11 is 0. The van der Waals surface area contributed by atoms with Gasteiger partial charge in [-0.05, 0) is 42.2 Å². The van der Waals surface area contributed by atoms with Crippen LogP contribution in [0.2, 0.25) is 0 Å². The van der Waals surface area contributed by atoms with Crippen molar-refractivity contribution < 1.29 is 19.2 Å². The fraction of sp³-hybridized carbons (Fsp3) is 0.320. The Labute approximate surface area is 201 Å². The molecule has 1 atom stereocenters. The first-order chi connectivity index (χ1) is 16.7. The predicted octanol–water partition coefficient (Wildman–Crippen LogP) is 4.53. The molecule has 1 unspecified atom stereocenters. The SMILES string of the molecule is COc1ccc(OC)c(C2C3=C(CC(C)(C)CC3=O)Nc3nc(-c4ccc([N+](=O)[O-])cc4)nn32)c1. The van der Waals surface area contributed by atoms with Crippen molar-refractivity contribution in [3.8, 4) is 22.9 Å². The summed E-state index contributed by atoms with van der Waals surface area (Å²) in [7, 11) is 3.17. The Morgan fingerprint density at radius 3 is 2.51 bits per heavy atom. The van der Waals surface area contributed by atoms with Crippen LogP contribution in [-0.4, -0.2) is 39.7 Å². The zero-order valence-electron chi connectivity index (χ0n) is 19.9. The molecule has 0 amide bonds. The first-order valence-electron chi connectivity index (χ1n) is 11.2. The summed E-state index contributed by atoms with van der Waals surface area (Å²) in [5.41, 5.74) is 2.59. The number of aromatic nitrogens is 3. The predicted molar refractivity (Wildman–Crippen MR) is 128 cm³/mol. The summed E-state index contributed by atoms with van der Waals surface area (Å²) in [5, 5.41) is 19.1. The van der Waals surface area contributed by atoms with Gasteiger partial charge < -0.3 is 14.8 Å². The summed E-state index contributed by atoms with van der Waals surface area (Å²) in [5.74, 6) is 2.14. The van der Waals surface area contributed by atoms with E-state index in [2.05, 4.69) is 24.1 Å². The molecule has 2 aromatic carbocycles. The van der Waals surface area contributed by atoms with Crippen molar-refractivity contribution in [1.82, 2.24) is 14.8 Å². The Morgan fingerprint density at radius 1 is 1.11 bits per heavy atom. The van der Waals surface area contributed by atoms with Crippen LogP contribution in [0.5, 0.6) is 11.5 Å². The Kier molecular flexibility index (Phi) is 5.31. The lowest BCUT2D eigenvalue weighted by atomic mass is 9.73. The van der Waals surface area contributed by atoms with Gasteiger partial charge in [-0.1, -0.05) is 13.8 Å². The van der Waals surface area contributed by atoms with Crippen LogP contribution in [0.3, 0.4) is 0 Å². The van der Waals surface area contributed by atoms with Gasteiger partial charge in [-0.15, -0.1) is 5.10 Å². The number of methoxy groups -OCH3 is 2. The van der Waals surface area contributed by atoms with Crippen molar-refractivity contribution in [2.45, 2.75) is 32.7 Å². The van der Waals surface area contributed by atoms with Crippen LogP contribution in [0.25, 0.3) is 11.4 Å². The molecule has 1 N–H and O–H groups in total. The number of nitrogens with one attached hydrogen (secondary N) is 1. The van der Waals surface area contributed by atoms with E-state index in [1.807, 2.05) is 12.1 Å². The lowest BCUT2D eigenvalue weighted by molar-refractivity contribution is -0.384.